The fraction of sp³-hybridized carbons (Fsp3) is 0.526. The van der Waals surface area contributed by atoms with Gasteiger partial charge >= 0.3 is 0 Å². The summed E-state index contributed by atoms with van der Waals surface area (Å²) in [6.07, 6.45) is 2.11. The lowest BCUT2D eigenvalue weighted by Gasteiger charge is -2.23. The van der Waals surface area contributed by atoms with Crippen LogP contribution in [0.4, 0.5) is 0 Å². The molecular formula is C19H25N3O3. The number of likely N-dealkylation sites (tertiary alicyclic amines) is 1. The summed E-state index contributed by atoms with van der Waals surface area (Å²) in [5, 5.41) is 0. The number of hydrogen-bond acceptors (Lipinski definition) is 4. The number of aromatic nitrogens is 1. The molecule has 25 heavy (non-hydrogen) atoms. The highest BCUT2D eigenvalue weighted by Crippen LogP contribution is 2.26. The molecule has 0 N–H and O–H groups in total. The van der Waals surface area contributed by atoms with Crippen molar-refractivity contribution in [1.29, 1.82) is 0 Å². The smallest absolute Gasteiger partial charge is 0.270 e. The number of rotatable bonds is 3. The highest BCUT2D eigenvalue weighted by atomic mass is 16.5. The third-order valence-corrected chi connectivity index (χ3v) is 5.23. The molecule has 0 bridgehead atoms. The van der Waals surface area contributed by atoms with Gasteiger partial charge in [0.2, 0.25) is 0 Å². The largest absolute Gasteiger partial charge is 0.465 e. The summed E-state index contributed by atoms with van der Waals surface area (Å²) < 4.78 is 13.6. The minimum atomic E-state index is 0.0943. The Labute approximate surface area is 147 Å². The molecule has 2 atom stereocenters. The van der Waals surface area contributed by atoms with Gasteiger partial charge in [-0.1, -0.05) is 0 Å². The lowest BCUT2D eigenvalue weighted by atomic mass is 10.1. The maximum Gasteiger partial charge on any atom is 0.270 e. The Morgan fingerprint density at radius 3 is 2.84 bits per heavy atom. The molecule has 6 nitrogen and oxygen atoms in total. The minimum absolute atomic E-state index is 0.0943. The maximum atomic E-state index is 12.8. The Morgan fingerprint density at radius 2 is 2.12 bits per heavy atom. The number of amides is 1. The number of aryl methyl sites for hydroxylation is 2. The van der Waals surface area contributed by atoms with E-state index in [-0.39, 0.29) is 12.0 Å². The van der Waals surface area contributed by atoms with Crippen molar-refractivity contribution in [3.8, 4) is 0 Å². The van der Waals surface area contributed by atoms with Gasteiger partial charge in [0.05, 0.1) is 19.3 Å². The molecule has 4 rings (SSSR count). The molecule has 0 radical (unpaired) electrons. The standard InChI is InChI=1S/C19H25N3O3/c1-14-5-6-16(25-14)12-21-10-15-11-22(8-9-24-18(15)13-21)19(23)17-4-3-7-20(17)2/h3-7,15,18H,8-13H2,1-2H3/t15-,18-/m0/s1. The number of carbonyl (C=O) groups excluding carboxylic acids is 1. The number of fused-ring (bicyclic) bond motifs is 1. The molecule has 4 heterocycles. The molecule has 2 saturated heterocycles. The first kappa shape index (κ1) is 16.4. The molecule has 0 unspecified atom stereocenters. The van der Waals surface area contributed by atoms with Crippen LogP contribution in [-0.4, -0.2) is 59.2 Å². The van der Waals surface area contributed by atoms with Crippen molar-refractivity contribution in [2.45, 2.75) is 19.6 Å². The first-order valence-electron chi connectivity index (χ1n) is 8.90. The van der Waals surface area contributed by atoms with Crippen LogP contribution < -0.4 is 0 Å². The predicted molar refractivity (Wildman–Crippen MR) is 93.3 cm³/mol. The molecule has 2 aromatic heterocycles. The van der Waals surface area contributed by atoms with E-state index in [0.29, 0.717) is 19.1 Å². The van der Waals surface area contributed by atoms with Crippen molar-refractivity contribution < 1.29 is 13.9 Å². The third kappa shape index (κ3) is 3.37. The molecular weight excluding hydrogens is 318 g/mol. The van der Waals surface area contributed by atoms with Gasteiger partial charge in [0.1, 0.15) is 17.2 Å². The van der Waals surface area contributed by atoms with Crippen LogP contribution >= 0.6 is 0 Å². The van der Waals surface area contributed by atoms with Gasteiger partial charge in [-0.05, 0) is 31.2 Å². The van der Waals surface area contributed by atoms with Crippen LogP contribution in [0.1, 0.15) is 22.0 Å². The molecule has 0 aromatic carbocycles. The van der Waals surface area contributed by atoms with Crippen molar-refractivity contribution in [3.63, 3.8) is 0 Å². The second kappa shape index (κ2) is 6.69. The monoisotopic (exact) mass is 343 g/mol. The van der Waals surface area contributed by atoms with Crippen molar-refractivity contribution in [3.05, 3.63) is 47.7 Å². The average molecular weight is 343 g/mol. The Kier molecular flexibility index (Phi) is 4.39. The Balaban J connectivity index is 1.42. The van der Waals surface area contributed by atoms with Crippen LogP contribution in [-0.2, 0) is 18.3 Å². The van der Waals surface area contributed by atoms with E-state index in [1.54, 1.807) is 0 Å². The summed E-state index contributed by atoms with van der Waals surface area (Å²) in [6.45, 7) is 6.61. The molecule has 2 aliphatic heterocycles. The zero-order chi connectivity index (χ0) is 17.4. The van der Waals surface area contributed by atoms with Gasteiger partial charge in [0.15, 0.2) is 0 Å². The van der Waals surface area contributed by atoms with Crippen LogP contribution in [0.15, 0.2) is 34.9 Å². The van der Waals surface area contributed by atoms with E-state index in [4.69, 9.17) is 9.15 Å². The summed E-state index contributed by atoms with van der Waals surface area (Å²) in [5.41, 5.74) is 0.736. The Morgan fingerprint density at radius 1 is 1.24 bits per heavy atom. The summed E-state index contributed by atoms with van der Waals surface area (Å²) in [4.78, 5) is 17.1. The van der Waals surface area contributed by atoms with Crippen LogP contribution in [0.3, 0.4) is 0 Å². The van der Waals surface area contributed by atoms with Crippen molar-refractivity contribution >= 4 is 5.91 Å². The van der Waals surface area contributed by atoms with E-state index in [1.807, 2.05) is 53.9 Å². The lowest BCUT2D eigenvalue weighted by molar-refractivity contribution is 0.0496. The highest BCUT2D eigenvalue weighted by Gasteiger charge is 2.38. The summed E-state index contributed by atoms with van der Waals surface area (Å²) in [6, 6.07) is 7.83. The number of furan rings is 1. The zero-order valence-electron chi connectivity index (χ0n) is 14.9. The maximum absolute atomic E-state index is 12.8. The molecule has 0 aliphatic carbocycles. The highest BCUT2D eigenvalue weighted by molar-refractivity contribution is 5.92. The number of carbonyl (C=O) groups is 1. The molecule has 2 aliphatic rings. The average Bonchev–Trinajstić information content (AvgIpc) is 3.25. The van der Waals surface area contributed by atoms with E-state index in [2.05, 4.69) is 4.90 Å². The van der Waals surface area contributed by atoms with Crippen molar-refractivity contribution in [2.24, 2.45) is 13.0 Å². The first-order valence-corrected chi connectivity index (χ1v) is 8.90. The zero-order valence-corrected chi connectivity index (χ0v) is 14.9. The molecule has 0 spiro atoms. The SMILES string of the molecule is Cc1ccc(CN2C[C@H]3CN(C(=O)c4cccn4C)CCO[C@H]3C2)o1. The number of hydrogen-bond donors (Lipinski definition) is 0. The van der Waals surface area contributed by atoms with Gasteiger partial charge in [0.25, 0.3) is 5.91 Å². The quantitative estimate of drug-likeness (QED) is 0.854. The molecule has 134 valence electrons. The first-order chi connectivity index (χ1) is 12.1. The third-order valence-electron chi connectivity index (χ3n) is 5.23. The van der Waals surface area contributed by atoms with E-state index < -0.39 is 0 Å². The number of nitrogens with zero attached hydrogens (tertiary/aromatic N) is 3. The molecule has 1 amide bonds. The van der Waals surface area contributed by atoms with E-state index in [1.165, 1.54) is 0 Å². The topological polar surface area (TPSA) is 50.9 Å². The second-order valence-corrected chi connectivity index (χ2v) is 7.13. The second-order valence-electron chi connectivity index (χ2n) is 7.13. The van der Waals surface area contributed by atoms with Gasteiger partial charge in [-0.15, -0.1) is 0 Å². The normalized spacial score (nSPS) is 24.3. The van der Waals surface area contributed by atoms with Gasteiger partial charge in [-0.3, -0.25) is 9.69 Å². The van der Waals surface area contributed by atoms with Crippen LogP contribution in [0.25, 0.3) is 0 Å². The van der Waals surface area contributed by atoms with Crippen LogP contribution in [0.5, 0.6) is 0 Å². The summed E-state index contributed by atoms with van der Waals surface area (Å²) in [5.74, 6) is 2.38. The van der Waals surface area contributed by atoms with Gasteiger partial charge in [-0.2, -0.15) is 0 Å². The Hall–Kier alpha value is -2.05. The van der Waals surface area contributed by atoms with E-state index in [9.17, 15) is 4.79 Å². The summed E-state index contributed by atoms with van der Waals surface area (Å²) in [7, 11) is 1.91. The Bertz CT molecular complexity index is 751. The van der Waals surface area contributed by atoms with Crippen molar-refractivity contribution in [1.82, 2.24) is 14.4 Å². The molecule has 2 aromatic rings. The van der Waals surface area contributed by atoms with E-state index in [0.717, 1.165) is 43.4 Å². The number of ether oxygens (including phenoxy) is 1. The summed E-state index contributed by atoms with van der Waals surface area (Å²) >= 11 is 0. The van der Waals surface area contributed by atoms with Crippen LogP contribution in [0.2, 0.25) is 0 Å². The fourth-order valence-electron chi connectivity index (χ4n) is 3.93. The molecule has 2 fully saturated rings. The molecule has 0 saturated carbocycles. The molecule has 6 heteroatoms. The van der Waals surface area contributed by atoms with Gasteiger partial charge in [0, 0.05) is 45.3 Å². The predicted octanol–water partition coefficient (Wildman–Crippen LogP) is 1.90. The minimum Gasteiger partial charge on any atom is -0.465 e. The van der Waals surface area contributed by atoms with Crippen molar-refractivity contribution in [2.75, 3.05) is 32.8 Å². The van der Waals surface area contributed by atoms with Gasteiger partial charge < -0.3 is 18.6 Å². The lowest BCUT2D eigenvalue weighted by Crippen LogP contribution is -2.38. The van der Waals surface area contributed by atoms with Gasteiger partial charge in [-0.25, -0.2) is 0 Å². The van der Waals surface area contributed by atoms with Crippen LogP contribution in [0, 0.1) is 12.8 Å². The fourth-order valence-corrected chi connectivity index (χ4v) is 3.93. The van der Waals surface area contributed by atoms with E-state index >= 15 is 0 Å².